The summed E-state index contributed by atoms with van der Waals surface area (Å²) >= 11 is 0. The number of benzene rings is 2. The molecule has 0 aliphatic carbocycles. The van der Waals surface area contributed by atoms with Crippen molar-refractivity contribution in [2.75, 3.05) is 0 Å². The highest BCUT2D eigenvalue weighted by Gasteiger charge is 2.65. The first-order chi connectivity index (χ1) is 14.6. The first kappa shape index (κ1) is 20.0. The highest BCUT2D eigenvalue weighted by Crippen LogP contribution is 2.45. The maximum Gasteiger partial charge on any atom is 0.335 e. The van der Waals surface area contributed by atoms with E-state index in [1.54, 1.807) is 0 Å². The molecule has 4 rings (SSSR count). The number of carbonyl (C=O) groups is 3. The number of esters is 1. The van der Waals surface area contributed by atoms with E-state index in [1.807, 2.05) is 72.8 Å². The van der Waals surface area contributed by atoms with Crippen LogP contribution in [0.2, 0.25) is 0 Å². The van der Waals surface area contributed by atoms with Crippen LogP contribution in [0, 0.1) is 0 Å². The first-order valence-electron chi connectivity index (χ1n) is 9.99. The molecule has 6 nitrogen and oxygen atoms in total. The summed E-state index contributed by atoms with van der Waals surface area (Å²) in [5.74, 6) is -0.718. The smallest absolute Gasteiger partial charge is 0.335 e. The molecular formula is C24H23NO5. The molecule has 2 aliphatic heterocycles. The number of hydrogen-bond donors (Lipinski definition) is 0. The third-order valence-corrected chi connectivity index (χ3v) is 5.61. The van der Waals surface area contributed by atoms with Crippen molar-refractivity contribution in [3.63, 3.8) is 0 Å². The zero-order valence-electron chi connectivity index (χ0n) is 16.5. The lowest BCUT2D eigenvalue weighted by Crippen LogP contribution is -2.65. The Balaban J connectivity index is 1.61. The van der Waals surface area contributed by atoms with Crippen LogP contribution in [0.4, 0.5) is 0 Å². The average Bonchev–Trinajstić information content (AvgIpc) is 3.02. The Morgan fingerprint density at radius 3 is 2.50 bits per heavy atom. The minimum Gasteiger partial charge on any atom is -0.459 e. The summed E-state index contributed by atoms with van der Waals surface area (Å²) in [5, 5.41) is 0. The molecule has 1 amide bonds. The molecule has 0 bridgehead atoms. The number of rotatable bonds is 8. The summed E-state index contributed by atoms with van der Waals surface area (Å²) in [5.41, 5.74) is 0.474. The van der Waals surface area contributed by atoms with Crippen LogP contribution >= 0.6 is 0 Å². The van der Waals surface area contributed by atoms with Crippen LogP contribution in [-0.4, -0.2) is 40.9 Å². The molecule has 2 aromatic carbocycles. The predicted molar refractivity (Wildman–Crippen MR) is 110 cm³/mol. The van der Waals surface area contributed by atoms with Gasteiger partial charge in [0.15, 0.2) is 5.54 Å². The molecule has 2 saturated heterocycles. The van der Waals surface area contributed by atoms with Crippen molar-refractivity contribution in [3.8, 4) is 0 Å². The molecule has 6 heteroatoms. The van der Waals surface area contributed by atoms with Crippen molar-refractivity contribution in [1.29, 1.82) is 0 Å². The van der Waals surface area contributed by atoms with Gasteiger partial charge in [0, 0.05) is 12.8 Å². The van der Waals surface area contributed by atoms with Gasteiger partial charge in [0.05, 0.1) is 6.42 Å². The van der Waals surface area contributed by atoms with Crippen molar-refractivity contribution in [3.05, 3.63) is 77.9 Å². The second-order valence-corrected chi connectivity index (χ2v) is 7.45. The van der Waals surface area contributed by atoms with E-state index in [2.05, 4.69) is 0 Å². The van der Waals surface area contributed by atoms with Crippen LogP contribution in [0.15, 0.2) is 66.7 Å². The van der Waals surface area contributed by atoms with E-state index in [9.17, 15) is 14.4 Å². The van der Waals surface area contributed by atoms with E-state index in [4.69, 9.17) is 9.47 Å². The number of carbonyl (C=O) groups excluding carboxylic acids is 3. The fourth-order valence-electron chi connectivity index (χ4n) is 4.10. The number of fused-ring (bicyclic) bond motifs is 1. The Hall–Kier alpha value is -3.25. The second-order valence-electron chi connectivity index (χ2n) is 7.45. The number of nitrogens with zero attached hydrogens (tertiary/aromatic N) is 1. The highest BCUT2D eigenvalue weighted by atomic mass is 16.6. The van der Waals surface area contributed by atoms with E-state index in [0.29, 0.717) is 0 Å². The van der Waals surface area contributed by atoms with Crippen molar-refractivity contribution < 1.29 is 23.9 Å². The van der Waals surface area contributed by atoms with Gasteiger partial charge in [-0.25, -0.2) is 4.79 Å². The van der Waals surface area contributed by atoms with Gasteiger partial charge in [-0.2, -0.15) is 0 Å². The summed E-state index contributed by atoms with van der Waals surface area (Å²) < 4.78 is 11.5. The van der Waals surface area contributed by atoms with Crippen LogP contribution < -0.4 is 0 Å². The van der Waals surface area contributed by atoms with Gasteiger partial charge in [-0.15, -0.1) is 0 Å². The maximum absolute atomic E-state index is 13.4. The maximum atomic E-state index is 13.4. The summed E-state index contributed by atoms with van der Waals surface area (Å²) in [4.78, 5) is 38.5. The lowest BCUT2D eigenvalue weighted by atomic mass is 9.83. The highest BCUT2D eigenvalue weighted by molar-refractivity contribution is 5.94. The van der Waals surface area contributed by atoms with E-state index in [0.717, 1.165) is 17.4 Å². The normalized spacial score (nSPS) is 25.1. The lowest BCUT2D eigenvalue weighted by Gasteiger charge is -2.43. The number of aldehydes is 1. The molecule has 0 aromatic heterocycles. The van der Waals surface area contributed by atoms with Gasteiger partial charge in [0.2, 0.25) is 5.91 Å². The molecule has 0 saturated carbocycles. The fraction of sp³-hybridized carbons (Fsp3) is 0.292. The van der Waals surface area contributed by atoms with Gasteiger partial charge in [0.1, 0.15) is 25.2 Å². The van der Waals surface area contributed by atoms with Crippen LogP contribution in [0.25, 0.3) is 6.08 Å². The largest absolute Gasteiger partial charge is 0.459 e. The molecular weight excluding hydrogens is 382 g/mol. The second kappa shape index (κ2) is 8.63. The monoisotopic (exact) mass is 405 g/mol. The van der Waals surface area contributed by atoms with E-state index in [1.165, 1.54) is 4.90 Å². The van der Waals surface area contributed by atoms with Crippen LogP contribution in [-0.2, 0) is 30.5 Å². The third kappa shape index (κ3) is 3.66. The molecule has 30 heavy (non-hydrogen) atoms. The Morgan fingerprint density at radius 2 is 1.83 bits per heavy atom. The molecule has 2 heterocycles. The quantitative estimate of drug-likeness (QED) is 0.383. The molecule has 0 N–H and O–H groups in total. The number of hydrogen-bond acceptors (Lipinski definition) is 5. The number of amides is 1. The van der Waals surface area contributed by atoms with Gasteiger partial charge in [-0.3, -0.25) is 9.69 Å². The van der Waals surface area contributed by atoms with Gasteiger partial charge in [-0.1, -0.05) is 72.8 Å². The van der Waals surface area contributed by atoms with Crippen LogP contribution in [0.3, 0.4) is 0 Å². The van der Waals surface area contributed by atoms with Crippen LogP contribution in [0.1, 0.15) is 30.4 Å². The van der Waals surface area contributed by atoms with E-state index < -0.39 is 23.8 Å². The van der Waals surface area contributed by atoms with Gasteiger partial charge < -0.3 is 14.3 Å². The predicted octanol–water partition coefficient (Wildman–Crippen LogP) is 3.12. The minimum absolute atomic E-state index is 0.0138. The molecule has 2 aromatic rings. The standard InChI is InChI=1S/C24H23NO5/c26-15-13-20-24(25-21(27)16-22(25)30-20,14-7-12-18-8-3-1-4-9-18)23(28)29-17-19-10-5-2-6-11-19/h1-12,15,20,22H,13-14,16-17H2/b12-7+/t20?,22-,24?/m1/s1. The third-order valence-electron chi connectivity index (χ3n) is 5.61. The zero-order chi connectivity index (χ0) is 21.0. The molecule has 2 unspecified atom stereocenters. The summed E-state index contributed by atoms with van der Waals surface area (Å²) in [6.07, 6.45) is 3.66. The molecule has 0 radical (unpaired) electrons. The van der Waals surface area contributed by atoms with Gasteiger partial charge in [-0.05, 0) is 11.1 Å². The van der Waals surface area contributed by atoms with E-state index in [-0.39, 0.29) is 31.8 Å². The number of ether oxygens (including phenoxy) is 2. The average molecular weight is 405 g/mol. The summed E-state index contributed by atoms with van der Waals surface area (Å²) in [6.45, 7) is 0.0876. The fourth-order valence-corrected chi connectivity index (χ4v) is 4.10. The Labute approximate surface area is 175 Å². The van der Waals surface area contributed by atoms with Crippen molar-refractivity contribution in [1.82, 2.24) is 4.90 Å². The number of β-lactam (4-membered cyclic amide) rings is 1. The van der Waals surface area contributed by atoms with Crippen molar-refractivity contribution >= 4 is 24.2 Å². The van der Waals surface area contributed by atoms with Crippen LogP contribution in [0.5, 0.6) is 0 Å². The lowest BCUT2D eigenvalue weighted by molar-refractivity contribution is -0.174. The Kier molecular flexibility index (Phi) is 5.77. The Bertz CT molecular complexity index is 943. The molecule has 3 atom stereocenters. The summed E-state index contributed by atoms with van der Waals surface area (Å²) in [6, 6.07) is 19.0. The first-order valence-corrected chi connectivity index (χ1v) is 9.99. The van der Waals surface area contributed by atoms with Gasteiger partial charge in [0.25, 0.3) is 0 Å². The topological polar surface area (TPSA) is 72.9 Å². The molecule has 154 valence electrons. The summed E-state index contributed by atoms with van der Waals surface area (Å²) in [7, 11) is 0. The van der Waals surface area contributed by atoms with Crippen molar-refractivity contribution in [2.24, 2.45) is 0 Å². The zero-order valence-corrected chi connectivity index (χ0v) is 16.5. The molecule has 2 fully saturated rings. The Morgan fingerprint density at radius 1 is 1.13 bits per heavy atom. The van der Waals surface area contributed by atoms with E-state index >= 15 is 0 Å². The molecule has 0 spiro atoms. The minimum atomic E-state index is -1.35. The SMILES string of the molecule is O=CCC1O[C@@H]2CC(=O)N2C1(C/C=C/c1ccccc1)C(=O)OCc1ccccc1. The van der Waals surface area contributed by atoms with Crippen molar-refractivity contribution in [2.45, 2.75) is 43.7 Å². The van der Waals surface area contributed by atoms with Gasteiger partial charge >= 0.3 is 5.97 Å². The molecule has 2 aliphatic rings.